The molecule has 1 radical (unpaired) electrons. The summed E-state index contributed by atoms with van der Waals surface area (Å²) in [6.07, 6.45) is 2.43. The number of anilines is 1. The average molecular weight is 164 g/mol. The number of benzene rings is 1. The van der Waals surface area contributed by atoms with Crippen LogP contribution in [0.1, 0.15) is 12.8 Å². The summed E-state index contributed by atoms with van der Waals surface area (Å²) in [7, 11) is 0. The lowest BCUT2D eigenvalue weighted by molar-refractivity contribution is 0.627. The van der Waals surface area contributed by atoms with Crippen molar-refractivity contribution < 1.29 is 4.39 Å². The van der Waals surface area contributed by atoms with E-state index in [9.17, 15) is 4.39 Å². The molecule has 1 aliphatic heterocycles. The molecule has 0 atom stereocenters. The largest absolute Gasteiger partial charge is 0.371 e. The molecular formula is C10H11FN. The third-order valence-corrected chi connectivity index (χ3v) is 2.20. The molecule has 1 saturated heterocycles. The average Bonchev–Trinajstić information content (AvgIpc) is 2.56. The van der Waals surface area contributed by atoms with Gasteiger partial charge in [-0.1, -0.05) is 0 Å². The second-order valence-corrected chi connectivity index (χ2v) is 3.09. The molecule has 2 heteroatoms. The Morgan fingerprint density at radius 2 is 2.08 bits per heavy atom. The number of nitrogens with zero attached hydrogens (tertiary/aromatic N) is 1. The van der Waals surface area contributed by atoms with Crippen molar-refractivity contribution in [1.82, 2.24) is 0 Å². The Morgan fingerprint density at radius 3 is 2.75 bits per heavy atom. The van der Waals surface area contributed by atoms with Crippen molar-refractivity contribution in [3.8, 4) is 0 Å². The van der Waals surface area contributed by atoms with Crippen molar-refractivity contribution in [1.29, 1.82) is 0 Å². The maximum Gasteiger partial charge on any atom is 0.125 e. The first-order chi connectivity index (χ1) is 5.86. The molecule has 0 spiro atoms. The highest BCUT2D eigenvalue weighted by Crippen LogP contribution is 2.19. The van der Waals surface area contributed by atoms with E-state index in [1.165, 1.54) is 18.9 Å². The maximum atomic E-state index is 12.8. The Hall–Kier alpha value is -1.05. The molecule has 0 amide bonds. The summed E-state index contributed by atoms with van der Waals surface area (Å²) in [6, 6.07) is 7.66. The first-order valence-electron chi connectivity index (χ1n) is 4.28. The van der Waals surface area contributed by atoms with Crippen LogP contribution in [-0.4, -0.2) is 13.1 Å². The molecule has 1 aromatic rings. The number of halogens is 1. The Bertz CT molecular complexity index is 266. The van der Waals surface area contributed by atoms with Crippen LogP contribution in [-0.2, 0) is 0 Å². The van der Waals surface area contributed by atoms with Gasteiger partial charge in [-0.25, -0.2) is 4.39 Å². The van der Waals surface area contributed by atoms with E-state index in [0.29, 0.717) is 0 Å². The number of rotatable bonds is 1. The fourth-order valence-electron chi connectivity index (χ4n) is 1.57. The molecule has 0 unspecified atom stereocenters. The van der Waals surface area contributed by atoms with Crippen molar-refractivity contribution in [3.05, 3.63) is 30.1 Å². The third-order valence-electron chi connectivity index (χ3n) is 2.20. The van der Waals surface area contributed by atoms with Gasteiger partial charge in [0.05, 0.1) is 0 Å². The van der Waals surface area contributed by atoms with Gasteiger partial charge in [0.1, 0.15) is 5.82 Å². The van der Waals surface area contributed by atoms with Crippen molar-refractivity contribution in [2.45, 2.75) is 12.8 Å². The van der Waals surface area contributed by atoms with E-state index in [-0.39, 0.29) is 5.82 Å². The Balaban J connectivity index is 2.21. The molecule has 1 aliphatic rings. The molecule has 63 valence electrons. The fourth-order valence-corrected chi connectivity index (χ4v) is 1.57. The van der Waals surface area contributed by atoms with E-state index < -0.39 is 0 Å². The lowest BCUT2D eigenvalue weighted by Crippen LogP contribution is -2.17. The summed E-state index contributed by atoms with van der Waals surface area (Å²) in [5.74, 6) is -0.171. The number of hydrogen-bond donors (Lipinski definition) is 0. The van der Waals surface area contributed by atoms with Gasteiger partial charge in [-0.3, -0.25) is 0 Å². The van der Waals surface area contributed by atoms with Crippen LogP contribution >= 0.6 is 0 Å². The molecule has 12 heavy (non-hydrogen) atoms. The van der Waals surface area contributed by atoms with Crippen molar-refractivity contribution in [2.24, 2.45) is 0 Å². The second kappa shape index (κ2) is 3.13. The lowest BCUT2D eigenvalue weighted by atomic mass is 10.3. The van der Waals surface area contributed by atoms with Crippen molar-refractivity contribution in [3.63, 3.8) is 0 Å². The van der Waals surface area contributed by atoms with Gasteiger partial charge in [-0.05, 0) is 31.0 Å². The molecule has 1 nitrogen and oxygen atoms in total. The minimum Gasteiger partial charge on any atom is -0.371 e. The summed E-state index contributed by atoms with van der Waals surface area (Å²) in [5, 5.41) is 0. The van der Waals surface area contributed by atoms with E-state index in [1.54, 1.807) is 12.1 Å². The molecule has 1 fully saturated rings. The molecule has 1 aromatic carbocycles. The Morgan fingerprint density at radius 1 is 1.33 bits per heavy atom. The molecule has 2 rings (SSSR count). The first-order valence-corrected chi connectivity index (χ1v) is 4.28. The van der Waals surface area contributed by atoms with Gasteiger partial charge >= 0.3 is 0 Å². The van der Waals surface area contributed by atoms with Crippen molar-refractivity contribution >= 4 is 5.69 Å². The van der Waals surface area contributed by atoms with Gasteiger partial charge in [0.2, 0.25) is 0 Å². The van der Waals surface area contributed by atoms with E-state index in [2.05, 4.69) is 11.0 Å². The van der Waals surface area contributed by atoms with Crippen LogP contribution in [0.25, 0.3) is 0 Å². The van der Waals surface area contributed by atoms with Gasteiger partial charge in [-0.2, -0.15) is 0 Å². The van der Waals surface area contributed by atoms with Crippen LogP contribution in [0, 0.1) is 11.9 Å². The minimum atomic E-state index is -0.171. The highest BCUT2D eigenvalue weighted by atomic mass is 19.1. The maximum absolute atomic E-state index is 12.8. The van der Waals surface area contributed by atoms with Gasteiger partial charge in [-0.15, -0.1) is 0 Å². The Kier molecular flexibility index (Phi) is 1.98. The zero-order chi connectivity index (χ0) is 8.39. The van der Waals surface area contributed by atoms with Gasteiger partial charge in [0.15, 0.2) is 0 Å². The van der Waals surface area contributed by atoms with E-state index >= 15 is 0 Å². The summed E-state index contributed by atoms with van der Waals surface area (Å²) >= 11 is 0. The second-order valence-electron chi connectivity index (χ2n) is 3.09. The molecule has 0 aliphatic carbocycles. The van der Waals surface area contributed by atoms with Crippen LogP contribution in [0.15, 0.2) is 18.2 Å². The van der Waals surface area contributed by atoms with E-state index in [4.69, 9.17) is 0 Å². The van der Waals surface area contributed by atoms with Gasteiger partial charge in [0, 0.05) is 24.8 Å². The summed E-state index contributed by atoms with van der Waals surface area (Å²) in [5.41, 5.74) is 0.896. The molecule has 0 N–H and O–H groups in total. The molecule has 0 aromatic heterocycles. The zero-order valence-corrected chi connectivity index (χ0v) is 6.89. The van der Waals surface area contributed by atoms with Crippen LogP contribution in [0.3, 0.4) is 0 Å². The highest BCUT2D eigenvalue weighted by molar-refractivity contribution is 5.45. The van der Waals surface area contributed by atoms with Crippen LogP contribution < -0.4 is 4.90 Å². The molecule has 0 saturated carbocycles. The molecule has 0 bridgehead atoms. The minimum absolute atomic E-state index is 0.171. The first kappa shape index (κ1) is 7.59. The summed E-state index contributed by atoms with van der Waals surface area (Å²) in [6.45, 7) is 2.08. The van der Waals surface area contributed by atoms with Crippen LogP contribution in [0.4, 0.5) is 10.1 Å². The number of hydrogen-bond acceptors (Lipinski definition) is 1. The van der Waals surface area contributed by atoms with E-state index in [0.717, 1.165) is 18.8 Å². The van der Waals surface area contributed by atoms with Crippen LogP contribution in [0.2, 0.25) is 0 Å². The normalized spacial score (nSPS) is 16.9. The summed E-state index contributed by atoms with van der Waals surface area (Å²) < 4.78 is 12.8. The highest BCUT2D eigenvalue weighted by Gasteiger charge is 2.12. The predicted molar refractivity (Wildman–Crippen MR) is 46.7 cm³/mol. The van der Waals surface area contributed by atoms with Crippen LogP contribution in [0.5, 0.6) is 0 Å². The molecular weight excluding hydrogens is 153 g/mol. The standard InChI is InChI=1S/C10H11FN/c11-9-4-3-5-10(8-9)12-6-1-2-7-12/h3-4,8H,1-2,6-7H2. The fraction of sp³-hybridized carbons (Fsp3) is 0.400. The van der Waals surface area contributed by atoms with Gasteiger partial charge in [0.25, 0.3) is 0 Å². The topological polar surface area (TPSA) is 3.24 Å². The lowest BCUT2D eigenvalue weighted by Gasteiger charge is -2.16. The Labute approximate surface area is 71.8 Å². The van der Waals surface area contributed by atoms with Crippen molar-refractivity contribution in [2.75, 3.05) is 18.0 Å². The SMILES string of the molecule is Fc1cc[c]c(N2CCCC2)c1. The zero-order valence-electron chi connectivity index (χ0n) is 6.89. The van der Waals surface area contributed by atoms with Gasteiger partial charge < -0.3 is 4.90 Å². The summed E-state index contributed by atoms with van der Waals surface area (Å²) in [4.78, 5) is 2.17. The smallest absolute Gasteiger partial charge is 0.125 e. The molecule has 1 heterocycles. The van der Waals surface area contributed by atoms with E-state index in [1.807, 2.05) is 0 Å². The quantitative estimate of drug-likeness (QED) is 0.615. The third kappa shape index (κ3) is 1.42. The predicted octanol–water partition coefficient (Wildman–Crippen LogP) is 2.23. The monoisotopic (exact) mass is 164 g/mol.